The van der Waals surface area contributed by atoms with Crippen LogP contribution in [0.5, 0.6) is 0 Å². The molecule has 26 heavy (non-hydrogen) atoms. The first-order chi connectivity index (χ1) is 12.7. The molecule has 2 aromatic carbocycles. The Morgan fingerprint density at radius 2 is 1.73 bits per heavy atom. The molecule has 0 radical (unpaired) electrons. The fourth-order valence-electron chi connectivity index (χ4n) is 4.13. The Morgan fingerprint density at radius 3 is 2.50 bits per heavy atom. The molecule has 0 amide bonds. The lowest BCUT2D eigenvalue weighted by molar-refractivity contribution is -0.646. The average Bonchev–Trinajstić information content (AvgIpc) is 2.96. The second-order valence-corrected chi connectivity index (χ2v) is 7.63. The zero-order valence-corrected chi connectivity index (χ0v) is 16.1. The molecule has 0 bridgehead atoms. The highest BCUT2D eigenvalue weighted by molar-refractivity contribution is 7.78. The molecular formula is C22H25N3S. The van der Waals surface area contributed by atoms with Gasteiger partial charge in [-0.05, 0) is 43.0 Å². The van der Waals surface area contributed by atoms with E-state index < -0.39 is 0 Å². The van der Waals surface area contributed by atoms with Crippen LogP contribution in [0, 0.1) is 5.92 Å². The standard InChI is InChI=1S/C22H25N3S/c1-24-19-14-8-9-15-20(19)25(16-17-10-4-2-5-11-17)22(24)21(26)23-18-12-6-3-7-13-18/h3,6-9,12-15,17H,2,4-5,10-11,16H2,1H3. The zero-order valence-electron chi connectivity index (χ0n) is 15.3. The van der Waals surface area contributed by atoms with E-state index in [1.807, 2.05) is 30.3 Å². The molecule has 134 valence electrons. The molecule has 0 N–H and O–H groups in total. The van der Waals surface area contributed by atoms with Gasteiger partial charge in [-0.1, -0.05) is 49.6 Å². The summed E-state index contributed by atoms with van der Waals surface area (Å²) < 4.78 is 4.60. The zero-order chi connectivity index (χ0) is 17.9. The van der Waals surface area contributed by atoms with Gasteiger partial charge in [-0.2, -0.15) is 0 Å². The van der Waals surface area contributed by atoms with Gasteiger partial charge >= 0.3 is 0 Å². The van der Waals surface area contributed by atoms with Gasteiger partial charge in [0, 0.05) is 5.04 Å². The van der Waals surface area contributed by atoms with Crippen molar-refractivity contribution >= 4 is 34.4 Å². The quantitative estimate of drug-likeness (QED) is 0.286. The summed E-state index contributed by atoms with van der Waals surface area (Å²) in [5.41, 5.74) is 3.37. The number of hydrogen-bond donors (Lipinski definition) is 0. The lowest BCUT2D eigenvalue weighted by Gasteiger charge is -2.21. The molecule has 0 saturated heterocycles. The van der Waals surface area contributed by atoms with E-state index in [1.54, 1.807) is 0 Å². The van der Waals surface area contributed by atoms with Crippen molar-refractivity contribution in [3.8, 4) is 0 Å². The normalized spacial score (nSPS) is 16.3. The Labute approximate surface area is 160 Å². The van der Waals surface area contributed by atoms with Crippen molar-refractivity contribution in [2.75, 3.05) is 0 Å². The molecule has 1 fully saturated rings. The predicted octanol–water partition coefficient (Wildman–Crippen LogP) is 4.67. The molecule has 0 spiro atoms. The lowest BCUT2D eigenvalue weighted by atomic mass is 9.89. The minimum atomic E-state index is 0.658. The van der Waals surface area contributed by atoms with Crippen molar-refractivity contribution in [1.82, 2.24) is 4.57 Å². The highest BCUT2D eigenvalue weighted by atomic mass is 32.1. The summed E-state index contributed by atoms with van der Waals surface area (Å²) in [4.78, 5) is 4.73. The maximum absolute atomic E-state index is 5.78. The van der Waals surface area contributed by atoms with E-state index in [-0.39, 0.29) is 0 Å². The fraction of sp³-hybridized carbons (Fsp3) is 0.364. The third kappa shape index (κ3) is 3.38. The number of fused-ring (bicyclic) bond motifs is 1. The molecule has 1 aliphatic rings. The molecule has 0 atom stereocenters. The van der Waals surface area contributed by atoms with Crippen molar-refractivity contribution in [2.24, 2.45) is 18.0 Å². The third-order valence-electron chi connectivity index (χ3n) is 5.45. The first-order valence-corrected chi connectivity index (χ1v) is 9.93. The van der Waals surface area contributed by atoms with Crippen LogP contribution in [0.15, 0.2) is 59.6 Å². The topological polar surface area (TPSA) is 21.2 Å². The second kappa shape index (κ2) is 7.58. The highest BCUT2D eigenvalue weighted by Crippen LogP contribution is 2.27. The number of aryl methyl sites for hydroxylation is 1. The Bertz CT molecular complexity index is 921. The largest absolute Gasteiger partial charge is 0.752 e. The van der Waals surface area contributed by atoms with E-state index in [0.717, 1.165) is 24.0 Å². The SMILES string of the molecule is C[n+]1c(C([S-])=Nc2ccccc2)n(CC2CCCCC2)c2ccccc21. The first-order valence-electron chi connectivity index (χ1n) is 9.52. The number of imidazole rings is 1. The number of hydrogen-bond acceptors (Lipinski definition) is 2. The van der Waals surface area contributed by atoms with E-state index in [4.69, 9.17) is 17.6 Å². The van der Waals surface area contributed by atoms with E-state index in [2.05, 4.69) is 40.4 Å². The minimum absolute atomic E-state index is 0.658. The Hall–Kier alpha value is -2.20. The van der Waals surface area contributed by atoms with Gasteiger partial charge in [0.2, 0.25) is 0 Å². The maximum atomic E-state index is 5.78. The number of nitrogens with zero attached hydrogens (tertiary/aromatic N) is 3. The number of aliphatic imine (C=N–C) groups is 1. The number of para-hydroxylation sites is 3. The van der Waals surface area contributed by atoms with Gasteiger partial charge in [0.15, 0.2) is 11.0 Å². The van der Waals surface area contributed by atoms with Crippen LogP contribution in [0.25, 0.3) is 11.0 Å². The van der Waals surface area contributed by atoms with Gasteiger partial charge < -0.3 is 12.6 Å². The van der Waals surface area contributed by atoms with Gasteiger partial charge in [0.1, 0.15) is 0 Å². The number of rotatable bonds is 4. The van der Waals surface area contributed by atoms with Crippen molar-refractivity contribution in [3.05, 3.63) is 60.4 Å². The molecule has 1 saturated carbocycles. The molecule has 1 aromatic heterocycles. The van der Waals surface area contributed by atoms with Crippen LogP contribution in [-0.2, 0) is 26.2 Å². The summed E-state index contributed by atoms with van der Waals surface area (Å²) in [6.45, 7) is 1.03. The summed E-state index contributed by atoms with van der Waals surface area (Å²) in [6, 6.07) is 18.6. The maximum Gasteiger partial charge on any atom is 0.281 e. The molecule has 0 aliphatic heterocycles. The molecule has 1 heterocycles. The van der Waals surface area contributed by atoms with Crippen molar-refractivity contribution < 1.29 is 4.57 Å². The second-order valence-electron chi connectivity index (χ2n) is 7.24. The third-order valence-corrected chi connectivity index (χ3v) is 5.72. The van der Waals surface area contributed by atoms with E-state index in [9.17, 15) is 0 Å². The van der Waals surface area contributed by atoms with Crippen LogP contribution in [0.4, 0.5) is 5.69 Å². The molecule has 4 heteroatoms. The van der Waals surface area contributed by atoms with Gasteiger partial charge in [-0.25, -0.2) is 9.13 Å². The van der Waals surface area contributed by atoms with Crippen LogP contribution < -0.4 is 4.57 Å². The minimum Gasteiger partial charge on any atom is -0.752 e. The summed E-state index contributed by atoms with van der Waals surface area (Å²) in [7, 11) is 2.10. The number of benzene rings is 2. The van der Waals surface area contributed by atoms with Gasteiger partial charge in [-0.3, -0.25) is 4.99 Å². The van der Waals surface area contributed by atoms with Crippen LogP contribution in [0.3, 0.4) is 0 Å². The first kappa shape index (κ1) is 17.2. The summed E-state index contributed by atoms with van der Waals surface area (Å²) >= 11 is 5.78. The lowest BCUT2D eigenvalue weighted by Crippen LogP contribution is -2.36. The Kier molecular flexibility index (Phi) is 5.02. The smallest absolute Gasteiger partial charge is 0.281 e. The molecule has 4 rings (SSSR count). The van der Waals surface area contributed by atoms with Crippen molar-refractivity contribution in [2.45, 2.75) is 38.6 Å². The van der Waals surface area contributed by atoms with Crippen molar-refractivity contribution in [1.29, 1.82) is 0 Å². The van der Waals surface area contributed by atoms with Gasteiger partial charge in [0.25, 0.3) is 5.82 Å². The van der Waals surface area contributed by atoms with Gasteiger partial charge in [0.05, 0.1) is 19.3 Å². The Morgan fingerprint density at radius 1 is 1.04 bits per heavy atom. The van der Waals surface area contributed by atoms with Crippen LogP contribution in [0.1, 0.15) is 37.9 Å². The van der Waals surface area contributed by atoms with Crippen LogP contribution in [-0.4, -0.2) is 9.61 Å². The Balaban J connectivity index is 1.80. The fourth-order valence-corrected chi connectivity index (χ4v) is 4.48. The van der Waals surface area contributed by atoms with Gasteiger partial charge in [-0.15, -0.1) is 0 Å². The highest BCUT2D eigenvalue weighted by Gasteiger charge is 2.25. The van der Waals surface area contributed by atoms with E-state index in [1.165, 1.54) is 43.1 Å². The summed E-state index contributed by atoms with van der Waals surface area (Å²) in [5.74, 6) is 1.77. The summed E-state index contributed by atoms with van der Waals surface area (Å²) in [5, 5.41) is 0.658. The monoisotopic (exact) mass is 363 g/mol. The number of aromatic nitrogens is 2. The molecule has 1 aliphatic carbocycles. The average molecular weight is 364 g/mol. The molecule has 0 unspecified atom stereocenters. The van der Waals surface area contributed by atoms with E-state index >= 15 is 0 Å². The molecule has 3 aromatic rings. The predicted molar refractivity (Wildman–Crippen MR) is 110 cm³/mol. The summed E-state index contributed by atoms with van der Waals surface area (Å²) in [6.07, 6.45) is 6.72. The van der Waals surface area contributed by atoms with Crippen LogP contribution in [0.2, 0.25) is 0 Å². The molecule has 3 nitrogen and oxygen atoms in total. The molecular weight excluding hydrogens is 338 g/mol. The van der Waals surface area contributed by atoms with Crippen molar-refractivity contribution in [3.63, 3.8) is 0 Å². The van der Waals surface area contributed by atoms with E-state index in [0.29, 0.717) is 5.04 Å². The van der Waals surface area contributed by atoms with Crippen LogP contribution >= 0.6 is 0 Å².